The molecular formula is C12H22O2. The van der Waals surface area contributed by atoms with Gasteiger partial charge in [-0.2, -0.15) is 0 Å². The second kappa shape index (κ2) is 5.13. The molecule has 2 aliphatic rings. The maximum Gasteiger partial charge on any atom is 0.0497 e. The van der Waals surface area contributed by atoms with Gasteiger partial charge in [0.2, 0.25) is 0 Å². The zero-order chi connectivity index (χ0) is 9.80. The summed E-state index contributed by atoms with van der Waals surface area (Å²) in [6, 6.07) is 0. The highest BCUT2D eigenvalue weighted by molar-refractivity contribution is 4.76. The first-order valence-corrected chi connectivity index (χ1v) is 6.05. The molecule has 0 spiro atoms. The maximum absolute atomic E-state index is 5.54. The van der Waals surface area contributed by atoms with Crippen molar-refractivity contribution in [3.63, 3.8) is 0 Å². The molecule has 2 fully saturated rings. The summed E-state index contributed by atoms with van der Waals surface area (Å²) < 4.78 is 10.9. The first kappa shape index (κ1) is 10.4. The number of ether oxygens (including phenoxy) is 2. The summed E-state index contributed by atoms with van der Waals surface area (Å²) in [4.78, 5) is 0. The van der Waals surface area contributed by atoms with E-state index in [0.29, 0.717) is 0 Å². The summed E-state index contributed by atoms with van der Waals surface area (Å²) in [7, 11) is 0. The first-order chi connectivity index (χ1) is 6.90. The lowest BCUT2D eigenvalue weighted by Gasteiger charge is -2.17. The smallest absolute Gasteiger partial charge is 0.0497 e. The summed E-state index contributed by atoms with van der Waals surface area (Å²) in [5.41, 5.74) is 0. The Morgan fingerprint density at radius 3 is 2.57 bits per heavy atom. The first-order valence-electron chi connectivity index (χ1n) is 6.05. The van der Waals surface area contributed by atoms with Crippen molar-refractivity contribution in [3.05, 3.63) is 0 Å². The minimum atomic E-state index is 0.831. The van der Waals surface area contributed by atoms with Gasteiger partial charge in [0.25, 0.3) is 0 Å². The van der Waals surface area contributed by atoms with Crippen molar-refractivity contribution in [2.75, 3.05) is 26.4 Å². The molecule has 82 valence electrons. The van der Waals surface area contributed by atoms with Crippen LogP contribution in [0.5, 0.6) is 0 Å². The quantitative estimate of drug-likeness (QED) is 0.691. The van der Waals surface area contributed by atoms with E-state index >= 15 is 0 Å². The monoisotopic (exact) mass is 198 g/mol. The second-order valence-electron chi connectivity index (χ2n) is 4.77. The Morgan fingerprint density at radius 2 is 1.86 bits per heavy atom. The molecule has 2 nitrogen and oxygen atoms in total. The number of rotatable bonds is 4. The molecule has 14 heavy (non-hydrogen) atoms. The third-order valence-electron chi connectivity index (χ3n) is 3.82. The summed E-state index contributed by atoms with van der Waals surface area (Å²) in [6.07, 6.45) is 5.27. The lowest BCUT2D eigenvalue weighted by Crippen LogP contribution is -2.13. The third-order valence-corrected chi connectivity index (χ3v) is 3.82. The van der Waals surface area contributed by atoms with Gasteiger partial charge in [-0.15, -0.1) is 0 Å². The van der Waals surface area contributed by atoms with Gasteiger partial charge in [-0.3, -0.25) is 0 Å². The standard InChI is InChI=1S/C12H22O2/c1-2-11-8-14-9-12(11)4-3-10-5-6-13-7-10/h10-12H,2-9H2,1H3/t10-,11-,12+/m1/s1. The minimum absolute atomic E-state index is 0.831. The highest BCUT2D eigenvalue weighted by atomic mass is 16.5. The third kappa shape index (κ3) is 2.48. The largest absolute Gasteiger partial charge is 0.381 e. The fourth-order valence-electron chi connectivity index (χ4n) is 2.67. The number of hydrogen-bond acceptors (Lipinski definition) is 2. The van der Waals surface area contributed by atoms with Gasteiger partial charge in [0.15, 0.2) is 0 Å². The Hall–Kier alpha value is -0.0800. The molecular weight excluding hydrogens is 176 g/mol. The van der Waals surface area contributed by atoms with Crippen LogP contribution < -0.4 is 0 Å². The molecule has 0 radical (unpaired) electrons. The van der Waals surface area contributed by atoms with Gasteiger partial charge in [0, 0.05) is 26.4 Å². The molecule has 2 rings (SSSR count). The van der Waals surface area contributed by atoms with Crippen LogP contribution in [-0.2, 0) is 9.47 Å². The lowest BCUT2D eigenvalue weighted by atomic mass is 9.87. The molecule has 0 amide bonds. The average molecular weight is 198 g/mol. The Labute approximate surface area is 87.0 Å². The summed E-state index contributed by atoms with van der Waals surface area (Å²) in [5.74, 6) is 2.51. The van der Waals surface area contributed by atoms with Gasteiger partial charge in [-0.25, -0.2) is 0 Å². The molecule has 0 bridgehead atoms. The fourth-order valence-corrected chi connectivity index (χ4v) is 2.67. The maximum atomic E-state index is 5.54. The van der Waals surface area contributed by atoms with E-state index in [1.807, 2.05) is 0 Å². The summed E-state index contributed by atoms with van der Waals surface area (Å²) in [6.45, 7) is 6.28. The van der Waals surface area contributed by atoms with Crippen LogP contribution in [0.15, 0.2) is 0 Å². The molecule has 0 N–H and O–H groups in total. The zero-order valence-electron chi connectivity index (χ0n) is 9.21. The SMILES string of the molecule is CC[C@@H]1COC[C@@H]1CC[C@@H]1CCOC1. The molecule has 0 saturated carbocycles. The van der Waals surface area contributed by atoms with Gasteiger partial charge in [-0.05, 0) is 37.0 Å². The Balaban J connectivity index is 1.68. The van der Waals surface area contributed by atoms with Crippen LogP contribution in [0.4, 0.5) is 0 Å². The Kier molecular flexibility index (Phi) is 3.82. The van der Waals surface area contributed by atoms with Gasteiger partial charge in [-0.1, -0.05) is 13.3 Å². The van der Waals surface area contributed by atoms with Gasteiger partial charge in [0.1, 0.15) is 0 Å². The molecule has 0 aromatic rings. The lowest BCUT2D eigenvalue weighted by molar-refractivity contribution is 0.173. The van der Waals surface area contributed by atoms with E-state index in [1.165, 1.54) is 25.7 Å². The average Bonchev–Trinajstić information content (AvgIpc) is 2.85. The van der Waals surface area contributed by atoms with Crippen molar-refractivity contribution in [2.45, 2.75) is 32.6 Å². The molecule has 3 atom stereocenters. The molecule has 0 aromatic heterocycles. The Bertz CT molecular complexity index is 164. The van der Waals surface area contributed by atoms with Crippen molar-refractivity contribution < 1.29 is 9.47 Å². The van der Waals surface area contributed by atoms with Crippen LogP contribution in [0.3, 0.4) is 0 Å². The molecule has 2 heterocycles. The summed E-state index contributed by atoms with van der Waals surface area (Å²) >= 11 is 0. The van der Waals surface area contributed by atoms with E-state index in [9.17, 15) is 0 Å². The predicted octanol–water partition coefficient (Wildman–Crippen LogP) is 2.48. The predicted molar refractivity (Wildman–Crippen MR) is 56.3 cm³/mol. The molecule has 2 saturated heterocycles. The van der Waals surface area contributed by atoms with Crippen molar-refractivity contribution in [3.8, 4) is 0 Å². The normalized spacial score (nSPS) is 37.9. The molecule has 0 aromatic carbocycles. The fraction of sp³-hybridized carbons (Fsp3) is 1.00. The summed E-state index contributed by atoms with van der Waals surface area (Å²) in [5, 5.41) is 0. The topological polar surface area (TPSA) is 18.5 Å². The van der Waals surface area contributed by atoms with Crippen LogP contribution >= 0.6 is 0 Å². The van der Waals surface area contributed by atoms with E-state index in [2.05, 4.69) is 6.92 Å². The molecule has 0 unspecified atom stereocenters. The van der Waals surface area contributed by atoms with E-state index in [1.54, 1.807) is 0 Å². The van der Waals surface area contributed by atoms with Crippen molar-refractivity contribution in [1.82, 2.24) is 0 Å². The Morgan fingerprint density at radius 1 is 1.00 bits per heavy atom. The molecule has 0 aliphatic carbocycles. The molecule has 2 aliphatic heterocycles. The zero-order valence-corrected chi connectivity index (χ0v) is 9.21. The van der Waals surface area contributed by atoms with Gasteiger partial charge in [0.05, 0.1) is 0 Å². The van der Waals surface area contributed by atoms with Crippen molar-refractivity contribution in [1.29, 1.82) is 0 Å². The number of hydrogen-bond donors (Lipinski definition) is 0. The van der Waals surface area contributed by atoms with Gasteiger partial charge < -0.3 is 9.47 Å². The van der Waals surface area contributed by atoms with Crippen molar-refractivity contribution in [2.24, 2.45) is 17.8 Å². The second-order valence-corrected chi connectivity index (χ2v) is 4.77. The van der Waals surface area contributed by atoms with E-state index in [0.717, 1.165) is 44.2 Å². The van der Waals surface area contributed by atoms with Crippen LogP contribution in [-0.4, -0.2) is 26.4 Å². The highest BCUT2D eigenvalue weighted by Gasteiger charge is 2.27. The van der Waals surface area contributed by atoms with E-state index in [-0.39, 0.29) is 0 Å². The van der Waals surface area contributed by atoms with Crippen LogP contribution in [0, 0.1) is 17.8 Å². The highest BCUT2D eigenvalue weighted by Crippen LogP contribution is 2.30. The van der Waals surface area contributed by atoms with Crippen LogP contribution in [0.2, 0.25) is 0 Å². The van der Waals surface area contributed by atoms with E-state index in [4.69, 9.17) is 9.47 Å². The minimum Gasteiger partial charge on any atom is -0.381 e. The van der Waals surface area contributed by atoms with Crippen molar-refractivity contribution >= 4 is 0 Å². The van der Waals surface area contributed by atoms with E-state index < -0.39 is 0 Å². The van der Waals surface area contributed by atoms with Crippen LogP contribution in [0.1, 0.15) is 32.6 Å². The molecule has 2 heteroatoms. The van der Waals surface area contributed by atoms with Crippen LogP contribution in [0.25, 0.3) is 0 Å². The van der Waals surface area contributed by atoms with Gasteiger partial charge >= 0.3 is 0 Å².